The molecular weight excluding hydrogens is 332 g/mol. The molecule has 26 heavy (non-hydrogen) atoms. The molecule has 2 aromatic rings. The smallest absolute Gasteiger partial charge is 0.227 e. The minimum absolute atomic E-state index is 0.0657. The summed E-state index contributed by atoms with van der Waals surface area (Å²) in [7, 11) is 0. The lowest BCUT2D eigenvalue weighted by molar-refractivity contribution is -0.131. The van der Waals surface area contributed by atoms with Crippen molar-refractivity contribution in [3.63, 3.8) is 0 Å². The van der Waals surface area contributed by atoms with E-state index >= 15 is 0 Å². The standard InChI is InChI=1S/C18H24N6O2/c1-11-15(12(2)23-22-11)9-17(26)24-8-4-5-16(24)18-19-7-6-14(21-18)10-20-13(3)25/h6-7,16H,4-5,8-10H2,1-3H3,(H,20,25)(H,22,23)/t16-/m1/s1. The minimum atomic E-state index is -0.118. The lowest BCUT2D eigenvalue weighted by atomic mass is 10.1. The molecule has 8 heteroatoms. The van der Waals surface area contributed by atoms with Gasteiger partial charge in [-0.2, -0.15) is 5.10 Å². The van der Waals surface area contributed by atoms with Gasteiger partial charge in [0.05, 0.1) is 30.4 Å². The highest BCUT2D eigenvalue weighted by atomic mass is 16.2. The van der Waals surface area contributed by atoms with Crippen LogP contribution in [0.25, 0.3) is 0 Å². The molecule has 3 rings (SSSR count). The summed E-state index contributed by atoms with van der Waals surface area (Å²) in [5.74, 6) is 0.601. The summed E-state index contributed by atoms with van der Waals surface area (Å²) in [6, 6.07) is 1.66. The molecule has 8 nitrogen and oxygen atoms in total. The number of amides is 2. The maximum atomic E-state index is 12.9. The maximum absolute atomic E-state index is 12.9. The van der Waals surface area contributed by atoms with Crippen molar-refractivity contribution in [2.24, 2.45) is 0 Å². The molecule has 0 bridgehead atoms. The highest BCUT2D eigenvalue weighted by molar-refractivity contribution is 5.80. The number of H-pyrrole nitrogens is 1. The van der Waals surface area contributed by atoms with Crippen molar-refractivity contribution in [1.29, 1.82) is 0 Å². The van der Waals surface area contributed by atoms with Crippen LogP contribution in [0, 0.1) is 13.8 Å². The maximum Gasteiger partial charge on any atom is 0.227 e. The third-order valence-corrected chi connectivity index (χ3v) is 4.73. The van der Waals surface area contributed by atoms with Crippen LogP contribution in [-0.4, -0.2) is 43.4 Å². The Kier molecular flexibility index (Phi) is 5.29. The largest absolute Gasteiger partial charge is 0.351 e. The fourth-order valence-electron chi connectivity index (χ4n) is 3.31. The molecule has 138 valence electrons. The van der Waals surface area contributed by atoms with Gasteiger partial charge < -0.3 is 10.2 Å². The number of rotatable bonds is 5. The zero-order chi connectivity index (χ0) is 18.7. The number of aromatic amines is 1. The molecule has 0 spiro atoms. The van der Waals surface area contributed by atoms with Gasteiger partial charge in [0.2, 0.25) is 11.8 Å². The first-order valence-electron chi connectivity index (χ1n) is 8.82. The number of hydrogen-bond acceptors (Lipinski definition) is 5. The Hall–Kier alpha value is -2.77. The number of nitrogens with zero attached hydrogens (tertiary/aromatic N) is 4. The Morgan fingerprint density at radius 1 is 1.38 bits per heavy atom. The molecule has 1 saturated heterocycles. The van der Waals surface area contributed by atoms with E-state index in [0.717, 1.165) is 35.5 Å². The highest BCUT2D eigenvalue weighted by Gasteiger charge is 2.32. The van der Waals surface area contributed by atoms with Crippen LogP contribution < -0.4 is 5.32 Å². The molecule has 1 fully saturated rings. The first-order chi connectivity index (χ1) is 12.5. The normalized spacial score (nSPS) is 16.7. The molecule has 0 saturated carbocycles. The lowest BCUT2D eigenvalue weighted by Crippen LogP contribution is -2.33. The number of likely N-dealkylation sites (tertiary alicyclic amines) is 1. The fourth-order valence-corrected chi connectivity index (χ4v) is 3.31. The molecule has 1 aliphatic heterocycles. The van der Waals surface area contributed by atoms with Gasteiger partial charge in [-0.3, -0.25) is 14.7 Å². The molecule has 2 amide bonds. The van der Waals surface area contributed by atoms with Crippen molar-refractivity contribution in [2.75, 3.05) is 6.54 Å². The predicted octanol–water partition coefficient (Wildman–Crippen LogP) is 1.36. The zero-order valence-corrected chi connectivity index (χ0v) is 15.4. The molecule has 3 heterocycles. The van der Waals surface area contributed by atoms with Crippen molar-refractivity contribution >= 4 is 11.8 Å². The third kappa shape index (κ3) is 3.89. The van der Waals surface area contributed by atoms with Gasteiger partial charge >= 0.3 is 0 Å². The molecule has 0 aromatic carbocycles. The van der Waals surface area contributed by atoms with Gasteiger partial charge in [0.15, 0.2) is 5.82 Å². The quantitative estimate of drug-likeness (QED) is 0.842. The number of aromatic nitrogens is 4. The van der Waals surface area contributed by atoms with E-state index < -0.39 is 0 Å². The summed E-state index contributed by atoms with van der Waals surface area (Å²) in [5.41, 5.74) is 3.49. The number of carbonyl (C=O) groups is 2. The van der Waals surface area contributed by atoms with Crippen LogP contribution in [0.1, 0.15) is 54.3 Å². The minimum Gasteiger partial charge on any atom is -0.351 e. The van der Waals surface area contributed by atoms with Gasteiger partial charge in [0.25, 0.3) is 0 Å². The van der Waals surface area contributed by atoms with Crippen LogP contribution in [0.3, 0.4) is 0 Å². The van der Waals surface area contributed by atoms with E-state index in [1.807, 2.05) is 18.7 Å². The van der Waals surface area contributed by atoms with Crippen molar-refractivity contribution < 1.29 is 9.59 Å². The van der Waals surface area contributed by atoms with E-state index in [9.17, 15) is 9.59 Å². The summed E-state index contributed by atoms with van der Waals surface area (Å²) in [6.07, 6.45) is 3.79. The average Bonchev–Trinajstić information content (AvgIpc) is 3.22. The Morgan fingerprint density at radius 3 is 2.88 bits per heavy atom. The monoisotopic (exact) mass is 356 g/mol. The van der Waals surface area contributed by atoms with Gasteiger partial charge in [-0.05, 0) is 32.8 Å². The third-order valence-electron chi connectivity index (χ3n) is 4.73. The summed E-state index contributed by atoms with van der Waals surface area (Å²) < 4.78 is 0. The van der Waals surface area contributed by atoms with Gasteiger partial charge in [0.1, 0.15) is 0 Å². The first-order valence-corrected chi connectivity index (χ1v) is 8.82. The van der Waals surface area contributed by atoms with Crippen LogP contribution >= 0.6 is 0 Å². The number of carbonyl (C=O) groups excluding carboxylic acids is 2. The molecule has 2 aromatic heterocycles. The summed E-state index contributed by atoms with van der Waals surface area (Å²) >= 11 is 0. The van der Waals surface area contributed by atoms with Crippen LogP contribution in [-0.2, 0) is 22.6 Å². The Morgan fingerprint density at radius 2 is 2.19 bits per heavy atom. The van der Waals surface area contributed by atoms with Gasteiger partial charge in [0, 0.05) is 30.9 Å². The average molecular weight is 356 g/mol. The van der Waals surface area contributed by atoms with Crippen LogP contribution in [0.4, 0.5) is 0 Å². The predicted molar refractivity (Wildman–Crippen MR) is 95.0 cm³/mol. The van der Waals surface area contributed by atoms with E-state index in [4.69, 9.17) is 0 Å². The van der Waals surface area contributed by atoms with Gasteiger partial charge in [-0.15, -0.1) is 0 Å². The van der Waals surface area contributed by atoms with Gasteiger partial charge in [-0.1, -0.05) is 0 Å². The number of aryl methyl sites for hydroxylation is 2. The molecule has 2 N–H and O–H groups in total. The highest BCUT2D eigenvalue weighted by Crippen LogP contribution is 2.30. The molecule has 0 radical (unpaired) electrons. The number of hydrogen-bond donors (Lipinski definition) is 2. The van der Waals surface area contributed by atoms with E-state index in [2.05, 4.69) is 25.5 Å². The zero-order valence-electron chi connectivity index (χ0n) is 15.4. The Labute approximate surface area is 152 Å². The van der Waals surface area contributed by atoms with E-state index in [-0.39, 0.29) is 17.9 Å². The second-order valence-electron chi connectivity index (χ2n) is 6.65. The SMILES string of the molecule is CC(=O)NCc1ccnc([C@H]2CCCN2C(=O)Cc2c(C)n[nH]c2C)n1. The van der Waals surface area contributed by atoms with E-state index in [0.29, 0.717) is 25.3 Å². The van der Waals surface area contributed by atoms with E-state index in [1.54, 1.807) is 12.3 Å². The Balaban J connectivity index is 1.74. The van der Waals surface area contributed by atoms with Crippen LogP contribution in [0.2, 0.25) is 0 Å². The van der Waals surface area contributed by atoms with Crippen molar-refractivity contribution in [1.82, 2.24) is 30.4 Å². The molecule has 0 unspecified atom stereocenters. The fraction of sp³-hybridized carbons (Fsp3) is 0.500. The molecule has 1 atom stereocenters. The second kappa shape index (κ2) is 7.63. The molecule has 0 aliphatic carbocycles. The van der Waals surface area contributed by atoms with Crippen molar-refractivity contribution in [2.45, 2.75) is 52.6 Å². The topological polar surface area (TPSA) is 104 Å². The molecule has 1 aliphatic rings. The summed E-state index contributed by atoms with van der Waals surface area (Å²) in [5, 5.41) is 9.83. The van der Waals surface area contributed by atoms with Crippen LogP contribution in [0.5, 0.6) is 0 Å². The number of nitrogens with one attached hydrogen (secondary N) is 2. The van der Waals surface area contributed by atoms with E-state index in [1.165, 1.54) is 6.92 Å². The van der Waals surface area contributed by atoms with Crippen molar-refractivity contribution in [3.05, 3.63) is 40.7 Å². The summed E-state index contributed by atoms with van der Waals surface area (Å²) in [4.78, 5) is 34.8. The van der Waals surface area contributed by atoms with Gasteiger partial charge in [-0.25, -0.2) is 9.97 Å². The lowest BCUT2D eigenvalue weighted by Gasteiger charge is -2.24. The Bertz CT molecular complexity index is 796. The first kappa shape index (κ1) is 18.0. The van der Waals surface area contributed by atoms with Crippen molar-refractivity contribution in [3.8, 4) is 0 Å². The molecular formula is C18H24N6O2. The second-order valence-corrected chi connectivity index (χ2v) is 6.65. The van der Waals surface area contributed by atoms with Crippen LogP contribution in [0.15, 0.2) is 12.3 Å². The summed E-state index contributed by atoms with van der Waals surface area (Å²) in [6.45, 7) is 6.37.